The molecule has 2 amide bonds. The van der Waals surface area contributed by atoms with E-state index in [0.29, 0.717) is 48.5 Å². The van der Waals surface area contributed by atoms with Crippen LogP contribution >= 0.6 is 11.6 Å². The van der Waals surface area contributed by atoms with Crippen LogP contribution in [0.4, 0.5) is 5.82 Å². The van der Waals surface area contributed by atoms with Crippen LogP contribution in [-0.4, -0.2) is 63.2 Å². The Bertz CT molecular complexity index is 973. The second kappa shape index (κ2) is 8.88. The van der Waals surface area contributed by atoms with Gasteiger partial charge in [0.25, 0.3) is 17.8 Å². The first-order valence-corrected chi connectivity index (χ1v) is 11.0. The Morgan fingerprint density at radius 3 is 2.68 bits per heavy atom. The number of anilines is 1. The normalized spacial score (nSPS) is 18.4. The number of hydrogen-bond acceptors (Lipinski definition) is 6. The molecule has 1 aromatic carbocycles. The minimum absolute atomic E-state index is 0.0932. The third kappa shape index (κ3) is 4.14. The molecule has 0 spiro atoms. The van der Waals surface area contributed by atoms with Crippen molar-refractivity contribution < 1.29 is 19.4 Å². The zero-order valence-corrected chi connectivity index (χ0v) is 18.5. The molecule has 1 saturated heterocycles. The number of carbonyl (C=O) groups excluding carboxylic acids is 2. The Morgan fingerprint density at radius 2 is 2.00 bits per heavy atom. The van der Waals surface area contributed by atoms with Gasteiger partial charge < -0.3 is 14.7 Å². The molecule has 0 unspecified atom stereocenters. The maximum atomic E-state index is 13.6. The predicted molar refractivity (Wildman–Crippen MR) is 117 cm³/mol. The van der Waals surface area contributed by atoms with Crippen molar-refractivity contribution in [1.82, 2.24) is 14.5 Å². The van der Waals surface area contributed by atoms with E-state index in [9.17, 15) is 14.7 Å². The van der Waals surface area contributed by atoms with Crippen LogP contribution in [0, 0.1) is 0 Å². The second-order valence-corrected chi connectivity index (χ2v) is 8.61. The van der Waals surface area contributed by atoms with Gasteiger partial charge in [0.15, 0.2) is 11.5 Å². The van der Waals surface area contributed by atoms with E-state index in [-0.39, 0.29) is 25.2 Å². The number of rotatable bonds is 7. The lowest BCUT2D eigenvalue weighted by atomic mass is 10.2. The molecular weight excluding hydrogens is 420 g/mol. The van der Waals surface area contributed by atoms with Crippen molar-refractivity contribution in [3.8, 4) is 6.01 Å². The van der Waals surface area contributed by atoms with Gasteiger partial charge in [0, 0.05) is 24.7 Å². The van der Waals surface area contributed by atoms with Gasteiger partial charge in [-0.15, -0.1) is 0 Å². The number of benzene rings is 1. The van der Waals surface area contributed by atoms with E-state index in [1.807, 2.05) is 30.9 Å². The second-order valence-electron chi connectivity index (χ2n) is 8.17. The zero-order chi connectivity index (χ0) is 22.1. The van der Waals surface area contributed by atoms with E-state index in [1.165, 1.54) is 4.90 Å². The summed E-state index contributed by atoms with van der Waals surface area (Å²) in [6.07, 6.45) is 1.72. The highest BCUT2D eigenvalue weighted by Crippen LogP contribution is 2.36. The molecular formula is C22H27ClN4O4. The van der Waals surface area contributed by atoms with Gasteiger partial charge in [-0.1, -0.05) is 23.7 Å². The quantitative estimate of drug-likeness (QED) is 0.658. The van der Waals surface area contributed by atoms with Crippen molar-refractivity contribution in [3.63, 3.8) is 0 Å². The number of aliphatic hydroxyl groups excluding tert-OH is 1. The number of fused-ring (bicyclic) bond motifs is 3. The molecule has 3 heterocycles. The van der Waals surface area contributed by atoms with Gasteiger partial charge in [-0.25, -0.2) is 0 Å². The highest BCUT2D eigenvalue weighted by molar-refractivity contribution is 6.30. The summed E-state index contributed by atoms with van der Waals surface area (Å²) < 4.78 is 7.73. The maximum absolute atomic E-state index is 13.6. The fourth-order valence-electron chi connectivity index (χ4n) is 4.18. The molecule has 166 valence electrons. The third-order valence-corrected chi connectivity index (χ3v) is 5.82. The Morgan fingerprint density at radius 1 is 1.26 bits per heavy atom. The van der Waals surface area contributed by atoms with Gasteiger partial charge in [-0.3, -0.25) is 19.1 Å². The Kier molecular flexibility index (Phi) is 6.20. The summed E-state index contributed by atoms with van der Waals surface area (Å²) in [7, 11) is 0. The van der Waals surface area contributed by atoms with Gasteiger partial charge in [0.2, 0.25) is 0 Å². The number of halogens is 1. The number of aliphatic hydroxyl groups is 1. The van der Waals surface area contributed by atoms with Crippen LogP contribution in [0.25, 0.3) is 0 Å². The van der Waals surface area contributed by atoms with Crippen LogP contribution in [-0.2, 0) is 11.3 Å². The van der Waals surface area contributed by atoms with Gasteiger partial charge >= 0.3 is 0 Å². The number of aromatic nitrogens is 2. The van der Waals surface area contributed by atoms with Crippen LogP contribution in [0.5, 0.6) is 6.01 Å². The molecule has 1 N–H and O–H groups in total. The molecule has 31 heavy (non-hydrogen) atoms. The van der Waals surface area contributed by atoms with Crippen molar-refractivity contribution in [2.75, 3.05) is 24.6 Å². The first-order valence-electron chi connectivity index (χ1n) is 10.7. The van der Waals surface area contributed by atoms with Gasteiger partial charge in [0.05, 0.1) is 12.6 Å². The predicted octanol–water partition coefficient (Wildman–Crippen LogP) is 2.71. The van der Waals surface area contributed by atoms with Gasteiger partial charge in [-0.2, -0.15) is 4.98 Å². The maximum Gasteiger partial charge on any atom is 0.299 e. The molecule has 0 radical (unpaired) electrons. The third-order valence-electron chi connectivity index (χ3n) is 5.57. The van der Waals surface area contributed by atoms with E-state index in [2.05, 4.69) is 0 Å². The van der Waals surface area contributed by atoms with Crippen molar-refractivity contribution >= 4 is 29.2 Å². The number of imide groups is 1. The molecule has 2 aromatic rings. The Balaban J connectivity index is 1.84. The summed E-state index contributed by atoms with van der Waals surface area (Å²) in [5.41, 5.74) is 1.28. The number of carbonyl (C=O) groups is 2. The van der Waals surface area contributed by atoms with E-state index in [0.717, 1.165) is 12.0 Å². The van der Waals surface area contributed by atoms with Crippen LogP contribution in [0.3, 0.4) is 0 Å². The van der Waals surface area contributed by atoms with Crippen molar-refractivity contribution in [3.05, 3.63) is 40.5 Å². The molecule has 1 aromatic heterocycles. The number of ether oxygens (including phenoxy) is 1. The van der Waals surface area contributed by atoms with Crippen LogP contribution in [0.15, 0.2) is 24.3 Å². The molecule has 0 aliphatic carbocycles. The molecule has 9 heteroatoms. The number of nitrogens with zero attached hydrogens (tertiary/aromatic N) is 4. The summed E-state index contributed by atoms with van der Waals surface area (Å²) >= 11 is 6.03. The van der Waals surface area contributed by atoms with Crippen LogP contribution in [0.1, 0.15) is 49.2 Å². The topological polar surface area (TPSA) is 87.9 Å². The van der Waals surface area contributed by atoms with E-state index in [1.54, 1.807) is 16.7 Å². The lowest BCUT2D eigenvalue weighted by Crippen LogP contribution is -2.46. The van der Waals surface area contributed by atoms with E-state index in [4.69, 9.17) is 21.3 Å². The lowest BCUT2D eigenvalue weighted by Gasteiger charge is -2.25. The van der Waals surface area contributed by atoms with Crippen LogP contribution < -0.4 is 9.64 Å². The molecule has 1 fully saturated rings. The summed E-state index contributed by atoms with van der Waals surface area (Å²) in [4.78, 5) is 34.7. The first kappa shape index (κ1) is 21.6. The summed E-state index contributed by atoms with van der Waals surface area (Å²) in [5, 5.41) is 9.92. The average molecular weight is 447 g/mol. The molecule has 2 aliphatic rings. The molecule has 4 rings (SSSR count). The minimum Gasteiger partial charge on any atom is -0.462 e. The van der Waals surface area contributed by atoms with Gasteiger partial charge in [-0.05, 0) is 50.8 Å². The van der Waals surface area contributed by atoms with E-state index < -0.39 is 11.9 Å². The highest BCUT2D eigenvalue weighted by Gasteiger charge is 2.45. The fraction of sp³-hybridized carbons (Fsp3) is 0.500. The Labute approximate surface area is 186 Å². The molecule has 8 nitrogen and oxygen atoms in total. The number of hydrogen-bond donors (Lipinski definition) is 1. The summed E-state index contributed by atoms with van der Waals surface area (Å²) in [6.45, 7) is 4.90. The first-order chi connectivity index (χ1) is 14.9. The molecule has 2 aliphatic heterocycles. The smallest absolute Gasteiger partial charge is 0.299 e. The van der Waals surface area contributed by atoms with Crippen molar-refractivity contribution in [1.29, 1.82) is 0 Å². The summed E-state index contributed by atoms with van der Waals surface area (Å²) in [6, 6.07) is 7.31. The minimum atomic E-state index is -0.422. The molecule has 1 atom stereocenters. The molecule has 0 saturated carbocycles. The highest BCUT2D eigenvalue weighted by atomic mass is 35.5. The lowest BCUT2D eigenvalue weighted by molar-refractivity contribution is -0.129. The summed E-state index contributed by atoms with van der Waals surface area (Å²) in [5.74, 6) is -0.127. The standard InChI is InChI=1S/C22H27ClN4O4/c1-14(2)31-22-24-19-18(27(22)13-15-6-8-16(23)9-7-15)21(30)26(11-4-12-28)20(29)17-5-3-10-25(17)19/h6-9,14,17,28H,3-5,10-13H2,1-2H3/t17-/m1/s1. The largest absolute Gasteiger partial charge is 0.462 e. The van der Waals surface area contributed by atoms with Gasteiger partial charge in [0.1, 0.15) is 6.04 Å². The monoisotopic (exact) mass is 446 g/mol. The fourth-order valence-corrected chi connectivity index (χ4v) is 4.30. The zero-order valence-electron chi connectivity index (χ0n) is 17.8. The number of amides is 2. The SMILES string of the molecule is CC(C)Oc1nc2c(n1Cc1ccc(Cl)cc1)C(=O)N(CCCO)C(=O)[C@H]1CCCN21. The average Bonchev–Trinajstić information content (AvgIpc) is 3.32. The van der Waals surface area contributed by atoms with Crippen molar-refractivity contribution in [2.45, 2.75) is 51.8 Å². The van der Waals surface area contributed by atoms with E-state index >= 15 is 0 Å². The van der Waals surface area contributed by atoms with Crippen molar-refractivity contribution in [2.24, 2.45) is 0 Å². The Hall–Kier alpha value is -2.58. The molecule has 0 bridgehead atoms. The number of imidazole rings is 1. The van der Waals surface area contributed by atoms with Crippen LogP contribution in [0.2, 0.25) is 5.02 Å².